The fourth-order valence-electron chi connectivity index (χ4n) is 3.53. The molecule has 2 aliphatic rings. The van der Waals surface area contributed by atoms with Gasteiger partial charge in [0.1, 0.15) is 5.75 Å². The molecule has 0 saturated carbocycles. The second-order valence-corrected chi connectivity index (χ2v) is 6.82. The fraction of sp³-hybridized carbons (Fsp3) is 0.368. The van der Waals surface area contributed by atoms with Crippen LogP contribution in [-0.2, 0) is 11.8 Å². The third kappa shape index (κ3) is 4.13. The first kappa shape index (κ1) is 19.5. The van der Waals surface area contributed by atoms with Crippen LogP contribution < -0.4 is 4.74 Å². The highest BCUT2D eigenvalue weighted by atomic mass is 19.4. The van der Waals surface area contributed by atoms with Gasteiger partial charge in [-0.15, -0.1) is 13.2 Å². The summed E-state index contributed by atoms with van der Waals surface area (Å²) in [6.45, 7) is 0.510. The minimum absolute atomic E-state index is 0.205. The van der Waals surface area contributed by atoms with Crippen molar-refractivity contribution in [2.45, 2.75) is 24.7 Å². The highest BCUT2D eigenvalue weighted by molar-refractivity contribution is 5.86. The summed E-state index contributed by atoms with van der Waals surface area (Å²) in [5, 5.41) is 14.6. The number of hydrogen-bond acceptors (Lipinski definition) is 6. The van der Waals surface area contributed by atoms with Gasteiger partial charge < -0.3 is 19.5 Å². The molecular formula is C19H19F3N4O3. The summed E-state index contributed by atoms with van der Waals surface area (Å²) in [4.78, 5) is 6.47. The summed E-state index contributed by atoms with van der Waals surface area (Å²) in [5.74, 6) is -0.300. The van der Waals surface area contributed by atoms with Crippen molar-refractivity contribution in [2.24, 2.45) is 12.0 Å². The second-order valence-electron chi connectivity index (χ2n) is 6.82. The van der Waals surface area contributed by atoms with Crippen molar-refractivity contribution in [3.05, 3.63) is 53.9 Å². The molecule has 1 aromatic heterocycles. The molecule has 0 bridgehead atoms. The van der Waals surface area contributed by atoms with Gasteiger partial charge in [-0.25, -0.2) is 0 Å². The molecule has 10 heteroatoms. The zero-order valence-electron chi connectivity index (χ0n) is 15.5. The molecule has 2 aromatic rings. The summed E-state index contributed by atoms with van der Waals surface area (Å²) >= 11 is 0. The first-order valence-corrected chi connectivity index (χ1v) is 8.94. The quantitative estimate of drug-likeness (QED) is 0.842. The molecule has 0 radical (unpaired) electrons. The zero-order valence-corrected chi connectivity index (χ0v) is 15.5. The van der Waals surface area contributed by atoms with Crippen molar-refractivity contribution in [3.8, 4) is 5.75 Å². The molecular weight excluding hydrogens is 389 g/mol. The van der Waals surface area contributed by atoms with E-state index >= 15 is 0 Å². The Morgan fingerprint density at radius 1 is 1.21 bits per heavy atom. The highest BCUT2D eigenvalue weighted by Crippen LogP contribution is 2.38. The van der Waals surface area contributed by atoms with E-state index in [9.17, 15) is 18.3 Å². The first-order valence-electron chi connectivity index (χ1n) is 8.94. The Hall–Kier alpha value is -2.85. The Balaban J connectivity index is 1.68. The molecule has 0 spiro atoms. The summed E-state index contributed by atoms with van der Waals surface area (Å²) in [6.07, 6.45) is 1.01. The van der Waals surface area contributed by atoms with Gasteiger partial charge in [-0.05, 0) is 35.9 Å². The minimum Gasteiger partial charge on any atom is -0.406 e. The molecule has 29 heavy (non-hydrogen) atoms. The summed E-state index contributed by atoms with van der Waals surface area (Å²) in [5.41, 5.74) is 2.20. The second kappa shape index (κ2) is 7.53. The van der Waals surface area contributed by atoms with E-state index in [4.69, 9.17) is 4.74 Å². The van der Waals surface area contributed by atoms with E-state index in [0.717, 1.165) is 5.56 Å². The number of nitrogens with zero attached hydrogens (tertiary/aromatic N) is 4. The molecule has 1 fully saturated rings. The maximum Gasteiger partial charge on any atom is 0.573 e. The van der Waals surface area contributed by atoms with Gasteiger partial charge in [-0.2, -0.15) is 5.10 Å². The fourth-order valence-corrected chi connectivity index (χ4v) is 3.53. The van der Waals surface area contributed by atoms with Gasteiger partial charge in [0.05, 0.1) is 31.6 Å². The van der Waals surface area contributed by atoms with Gasteiger partial charge in [-0.1, -0.05) is 0 Å². The highest BCUT2D eigenvalue weighted by Gasteiger charge is 2.39. The van der Waals surface area contributed by atoms with Gasteiger partial charge in [0, 0.05) is 30.7 Å². The average molecular weight is 408 g/mol. The zero-order chi connectivity index (χ0) is 20.6. The van der Waals surface area contributed by atoms with Crippen molar-refractivity contribution in [1.29, 1.82) is 0 Å². The number of alkyl halides is 3. The SMILES string of the molecule is Cn1cc(C2N=CC=C(c3ccc(OC(F)(F)F)cc3)N2[C@@H]2COC[C@@H]2O)cn1. The van der Waals surface area contributed by atoms with Crippen LogP contribution in [-0.4, -0.2) is 57.7 Å². The van der Waals surface area contributed by atoms with E-state index in [1.807, 2.05) is 11.1 Å². The molecule has 4 rings (SSSR count). The van der Waals surface area contributed by atoms with Crippen molar-refractivity contribution >= 4 is 11.9 Å². The summed E-state index contributed by atoms with van der Waals surface area (Å²) in [6, 6.07) is 5.24. The van der Waals surface area contributed by atoms with Crippen molar-refractivity contribution in [3.63, 3.8) is 0 Å². The number of aliphatic hydroxyl groups is 1. The van der Waals surface area contributed by atoms with Crippen molar-refractivity contribution in [1.82, 2.24) is 14.7 Å². The van der Waals surface area contributed by atoms with Crippen LogP contribution >= 0.6 is 0 Å². The topological polar surface area (TPSA) is 72.1 Å². The van der Waals surface area contributed by atoms with E-state index < -0.39 is 18.6 Å². The first-order chi connectivity index (χ1) is 13.8. The van der Waals surface area contributed by atoms with Crippen molar-refractivity contribution in [2.75, 3.05) is 13.2 Å². The summed E-state index contributed by atoms with van der Waals surface area (Å²) < 4.78 is 48.4. The number of halogens is 3. The van der Waals surface area contributed by atoms with Gasteiger partial charge in [0.2, 0.25) is 0 Å². The van der Waals surface area contributed by atoms with Gasteiger partial charge >= 0.3 is 6.36 Å². The third-order valence-electron chi connectivity index (χ3n) is 4.79. The van der Waals surface area contributed by atoms with Crippen LogP contribution in [0.25, 0.3) is 5.70 Å². The molecule has 0 aliphatic carbocycles. The number of hydrogen-bond donors (Lipinski definition) is 1. The van der Waals surface area contributed by atoms with Crippen LogP contribution in [0.1, 0.15) is 17.3 Å². The van der Waals surface area contributed by atoms with E-state index in [0.29, 0.717) is 17.9 Å². The Kier molecular flexibility index (Phi) is 5.05. The maximum atomic E-state index is 12.4. The predicted octanol–water partition coefficient (Wildman–Crippen LogP) is 2.50. The Labute approximate surface area is 164 Å². The number of ether oxygens (including phenoxy) is 2. The molecule has 7 nitrogen and oxygen atoms in total. The van der Waals surface area contributed by atoms with Crippen LogP contribution in [0.5, 0.6) is 5.75 Å². The Morgan fingerprint density at radius 2 is 1.97 bits per heavy atom. The number of aromatic nitrogens is 2. The summed E-state index contributed by atoms with van der Waals surface area (Å²) in [7, 11) is 1.80. The number of rotatable bonds is 4. The standard InChI is InChI=1S/C19H19F3N4O3/c1-25-9-13(8-24-25)18-23-7-6-15(26(18)16-10-28-11-17(16)27)12-2-4-14(5-3-12)29-19(20,21)22/h2-9,16-18,27H,10-11H2,1H3/t16-,17+,18?/m1/s1. The minimum atomic E-state index is -4.75. The van der Waals surface area contributed by atoms with E-state index in [1.54, 1.807) is 42.3 Å². The number of aliphatic hydroxyl groups excluding tert-OH is 1. The monoisotopic (exact) mass is 408 g/mol. The third-order valence-corrected chi connectivity index (χ3v) is 4.79. The van der Waals surface area contributed by atoms with Gasteiger partial charge in [0.15, 0.2) is 6.17 Å². The van der Waals surface area contributed by atoms with Gasteiger partial charge in [-0.3, -0.25) is 9.67 Å². The van der Waals surface area contributed by atoms with E-state index in [2.05, 4.69) is 14.8 Å². The number of aliphatic imine (C=N–C) groups is 1. The number of benzene rings is 1. The lowest BCUT2D eigenvalue weighted by atomic mass is 10.0. The van der Waals surface area contributed by atoms with Gasteiger partial charge in [0.25, 0.3) is 0 Å². The maximum absolute atomic E-state index is 12.4. The number of aryl methyl sites for hydroxylation is 1. The normalized spacial score (nSPS) is 24.7. The van der Waals surface area contributed by atoms with E-state index in [1.165, 1.54) is 12.1 Å². The lowest BCUT2D eigenvalue weighted by molar-refractivity contribution is -0.274. The Morgan fingerprint density at radius 3 is 2.55 bits per heavy atom. The van der Waals surface area contributed by atoms with E-state index in [-0.39, 0.29) is 18.4 Å². The van der Waals surface area contributed by atoms with Crippen LogP contribution in [0.2, 0.25) is 0 Å². The smallest absolute Gasteiger partial charge is 0.406 e. The molecule has 1 unspecified atom stereocenters. The van der Waals surface area contributed by atoms with Crippen LogP contribution in [0.3, 0.4) is 0 Å². The molecule has 0 amide bonds. The predicted molar refractivity (Wildman–Crippen MR) is 98.0 cm³/mol. The molecule has 1 saturated heterocycles. The van der Waals surface area contributed by atoms with Crippen LogP contribution in [0, 0.1) is 0 Å². The molecule has 3 atom stereocenters. The molecule has 1 aromatic carbocycles. The lowest BCUT2D eigenvalue weighted by Gasteiger charge is -2.39. The average Bonchev–Trinajstić information content (AvgIpc) is 3.28. The molecule has 1 N–H and O–H groups in total. The molecule has 2 aliphatic heterocycles. The molecule has 154 valence electrons. The largest absolute Gasteiger partial charge is 0.573 e. The van der Waals surface area contributed by atoms with Crippen molar-refractivity contribution < 1.29 is 27.8 Å². The van der Waals surface area contributed by atoms with Crippen LogP contribution in [0.15, 0.2) is 47.7 Å². The lowest BCUT2D eigenvalue weighted by Crippen LogP contribution is -2.44. The number of allylic oxidation sites excluding steroid dienone is 1. The van der Waals surface area contributed by atoms with Crippen LogP contribution in [0.4, 0.5) is 13.2 Å². The molecule has 3 heterocycles. The Bertz CT molecular complexity index is 924.